The normalized spacial score (nSPS) is 35.4. The Hall–Kier alpha value is -0.160. The van der Waals surface area contributed by atoms with Crippen molar-refractivity contribution in [1.29, 1.82) is 0 Å². The molecule has 0 spiro atoms. The molecule has 2 saturated carbocycles. The third kappa shape index (κ3) is 4.41. The van der Waals surface area contributed by atoms with Crippen molar-refractivity contribution in [2.45, 2.75) is 38.2 Å². The molecule has 122 valence electrons. The number of hydrogen-bond donors (Lipinski definition) is 1. The number of hydrogen-bond acceptors (Lipinski definition) is 4. The van der Waals surface area contributed by atoms with Gasteiger partial charge in [-0.05, 0) is 50.5 Å². The summed E-state index contributed by atoms with van der Waals surface area (Å²) in [5.41, 5.74) is 0. The van der Waals surface area contributed by atoms with Crippen LogP contribution in [-0.4, -0.2) is 74.0 Å². The summed E-state index contributed by atoms with van der Waals surface area (Å²) in [4.78, 5) is 4.69. The largest absolute Gasteiger partial charge is 0.389 e. The molecule has 21 heavy (non-hydrogen) atoms. The topological polar surface area (TPSA) is 35.9 Å². The zero-order valence-corrected chi connectivity index (χ0v) is 13.5. The zero-order valence-electron chi connectivity index (χ0n) is 13.5. The molecule has 3 aliphatic rings. The van der Waals surface area contributed by atoms with E-state index < -0.39 is 0 Å². The molecule has 3 fully saturated rings. The molecule has 0 aromatic heterocycles. The highest BCUT2D eigenvalue weighted by Gasteiger charge is 2.38. The first-order valence-electron chi connectivity index (χ1n) is 8.87. The number of likely N-dealkylation sites (N-methyl/N-ethyl adjacent to an activating group) is 1. The number of nitrogens with zero attached hydrogens (tertiary/aromatic N) is 2. The number of ether oxygens (including phenoxy) is 1. The van der Waals surface area contributed by atoms with Gasteiger partial charge in [0.1, 0.15) is 0 Å². The van der Waals surface area contributed by atoms with Crippen molar-refractivity contribution in [1.82, 2.24) is 9.80 Å². The fraction of sp³-hybridized carbons (Fsp3) is 1.00. The monoisotopic (exact) mass is 296 g/mol. The maximum atomic E-state index is 10.1. The van der Waals surface area contributed by atoms with Gasteiger partial charge in [0.25, 0.3) is 0 Å². The molecular formula is C17H32N2O2. The first-order valence-corrected chi connectivity index (χ1v) is 8.87. The van der Waals surface area contributed by atoms with Gasteiger partial charge in [0.15, 0.2) is 0 Å². The van der Waals surface area contributed by atoms with Crippen LogP contribution < -0.4 is 0 Å². The second-order valence-electron chi connectivity index (χ2n) is 7.56. The lowest BCUT2D eigenvalue weighted by molar-refractivity contribution is 0.00395. The van der Waals surface area contributed by atoms with Crippen molar-refractivity contribution in [3.05, 3.63) is 0 Å². The zero-order chi connectivity index (χ0) is 14.7. The standard InChI is InChI=1S/C17H32N2O2/c1-18-5-7-19(8-6-18)12-17(20)13-21-9-4-16-11-14-2-3-15(16)10-14/h14-17,20H,2-13H2,1H3/t14-,15-,16-,17+/m1/s1. The van der Waals surface area contributed by atoms with E-state index in [1.165, 1.54) is 32.1 Å². The van der Waals surface area contributed by atoms with Gasteiger partial charge in [-0.1, -0.05) is 6.42 Å². The van der Waals surface area contributed by atoms with Gasteiger partial charge in [0.2, 0.25) is 0 Å². The predicted octanol–water partition coefficient (Wildman–Crippen LogP) is 1.44. The second-order valence-corrected chi connectivity index (χ2v) is 7.56. The van der Waals surface area contributed by atoms with Crippen LogP contribution in [0.15, 0.2) is 0 Å². The molecule has 4 atom stereocenters. The number of fused-ring (bicyclic) bond motifs is 2. The first kappa shape index (κ1) is 15.7. The van der Waals surface area contributed by atoms with E-state index >= 15 is 0 Å². The number of aliphatic hydroxyl groups excluding tert-OH is 1. The summed E-state index contributed by atoms with van der Waals surface area (Å²) < 4.78 is 5.74. The molecule has 4 nitrogen and oxygen atoms in total. The van der Waals surface area contributed by atoms with Crippen LogP contribution in [0.4, 0.5) is 0 Å². The number of aliphatic hydroxyl groups is 1. The minimum Gasteiger partial charge on any atom is -0.389 e. The van der Waals surface area contributed by atoms with E-state index in [9.17, 15) is 5.11 Å². The molecule has 1 saturated heterocycles. The molecule has 1 heterocycles. The van der Waals surface area contributed by atoms with Gasteiger partial charge in [-0.25, -0.2) is 0 Å². The molecule has 2 aliphatic carbocycles. The second kappa shape index (κ2) is 7.40. The number of piperazine rings is 1. The van der Waals surface area contributed by atoms with Crippen molar-refractivity contribution in [2.24, 2.45) is 17.8 Å². The van der Waals surface area contributed by atoms with Gasteiger partial charge < -0.3 is 14.7 Å². The van der Waals surface area contributed by atoms with Crippen LogP contribution >= 0.6 is 0 Å². The summed E-state index contributed by atoms with van der Waals surface area (Å²) in [6.07, 6.45) is 6.75. The summed E-state index contributed by atoms with van der Waals surface area (Å²) in [7, 11) is 2.16. The highest BCUT2D eigenvalue weighted by Crippen LogP contribution is 2.49. The number of β-amino-alcohol motifs (C(OH)–C–C–N with tert-alkyl or cyclic N) is 1. The maximum absolute atomic E-state index is 10.1. The van der Waals surface area contributed by atoms with Crippen molar-refractivity contribution in [3.8, 4) is 0 Å². The summed E-state index contributed by atoms with van der Waals surface area (Å²) in [6.45, 7) is 6.47. The van der Waals surface area contributed by atoms with Crippen molar-refractivity contribution < 1.29 is 9.84 Å². The van der Waals surface area contributed by atoms with Gasteiger partial charge in [0.05, 0.1) is 12.7 Å². The third-order valence-corrected chi connectivity index (χ3v) is 5.89. The van der Waals surface area contributed by atoms with E-state index in [1.54, 1.807) is 0 Å². The van der Waals surface area contributed by atoms with Crippen LogP contribution in [0, 0.1) is 17.8 Å². The molecular weight excluding hydrogens is 264 g/mol. The fourth-order valence-electron chi connectivity index (χ4n) is 4.57. The Kier molecular flexibility index (Phi) is 5.54. The average Bonchev–Trinajstić information content (AvgIpc) is 3.09. The smallest absolute Gasteiger partial charge is 0.0900 e. The van der Waals surface area contributed by atoms with Gasteiger partial charge >= 0.3 is 0 Å². The van der Waals surface area contributed by atoms with Gasteiger partial charge in [-0.3, -0.25) is 4.90 Å². The fourth-order valence-corrected chi connectivity index (χ4v) is 4.57. The highest BCUT2D eigenvalue weighted by atomic mass is 16.5. The Morgan fingerprint density at radius 1 is 1.14 bits per heavy atom. The SMILES string of the molecule is CN1CCN(C[C@H](O)COCC[C@@H]2C[C@@H]3CC[C@@H]2C3)CC1. The van der Waals surface area contributed by atoms with Gasteiger partial charge in [-0.15, -0.1) is 0 Å². The Balaban J connectivity index is 1.24. The van der Waals surface area contributed by atoms with E-state index in [-0.39, 0.29) is 6.10 Å². The van der Waals surface area contributed by atoms with Crippen LogP contribution in [0.3, 0.4) is 0 Å². The molecule has 0 amide bonds. The minimum absolute atomic E-state index is 0.326. The molecule has 0 radical (unpaired) electrons. The molecule has 2 bridgehead atoms. The molecule has 0 aromatic carbocycles. The minimum atomic E-state index is -0.326. The average molecular weight is 296 g/mol. The third-order valence-electron chi connectivity index (χ3n) is 5.89. The Morgan fingerprint density at radius 2 is 1.95 bits per heavy atom. The van der Waals surface area contributed by atoms with Crippen LogP contribution in [0.1, 0.15) is 32.1 Å². The van der Waals surface area contributed by atoms with E-state index in [2.05, 4.69) is 16.8 Å². The van der Waals surface area contributed by atoms with Crippen molar-refractivity contribution >= 4 is 0 Å². The van der Waals surface area contributed by atoms with Crippen LogP contribution in [0.25, 0.3) is 0 Å². The maximum Gasteiger partial charge on any atom is 0.0900 e. The van der Waals surface area contributed by atoms with Crippen LogP contribution in [0.2, 0.25) is 0 Å². The van der Waals surface area contributed by atoms with E-state index in [0.717, 1.165) is 57.1 Å². The molecule has 0 aromatic rings. The highest BCUT2D eigenvalue weighted by molar-refractivity contribution is 4.89. The summed E-state index contributed by atoms with van der Waals surface area (Å²) in [5.74, 6) is 2.94. The lowest BCUT2D eigenvalue weighted by Crippen LogP contribution is -2.47. The Morgan fingerprint density at radius 3 is 2.62 bits per heavy atom. The lowest BCUT2D eigenvalue weighted by Gasteiger charge is -2.33. The summed E-state index contributed by atoms with van der Waals surface area (Å²) in [6, 6.07) is 0. The summed E-state index contributed by atoms with van der Waals surface area (Å²) in [5, 5.41) is 10.1. The molecule has 1 N–H and O–H groups in total. The predicted molar refractivity (Wildman–Crippen MR) is 84.3 cm³/mol. The van der Waals surface area contributed by atoms with Crippen molar-refractivity contribution in [2.75, 3.05) is 53.0 Å². The lowest BCUT2D eigenvalue weighted by atomic mass is 9.87. The molecule has 1 aliphatic heterocycles. The van der Waals surface area contributed by atoms with E-state index in [4.69, 9.17) is 4.74 Å². The number of rotatable bonds is 7. The molecule has 4 heteroatoms. The molecule has 0 unspecified atom stereocenters. The summed E-state index contributed by atoms with van der Waals surface area (Å²) >= 11 is 0. The Bertz CT molecular complexity index is 318. The van der Waals surface area contributed by atoms with E-state index in [0.29, 0.717) is 6.61 Å². The van der Waals surface area contributed by atoms with E-state index in [1.807, 2.05) is 0 Å². The first-order chi connectivity index (χ1) is 10.2. The Labute approximate surface area is 129 Å². The van der Waals surface area contributed by atoms with Gasteiger partial charge in [-0.2, -0.15) is 0 Å². The van der Waals surface area contributed by atoms with Crippen LogP contribution in [-0.2, 0) is 4.74 Å². The van der Waals surface area contributed by atoms with Crippen LogP contribution in [0.5, 0.6) is 0 Å². The van der Waals surface area contributed by atoms with Gasteiger partial charge in [0, 0.05) is 39.3 Å². The quantitative estimate of drug-likeness (QED) is 0.721. The molecule has 3 rings (SSSR count). The van der Waals surface area contributed by atoms with Crippen molar-refractivity contribution in [3.63, 3.8) is 0 Å².